The summed E-state index contributed by atoms with van der Waals surface area (Å²) in [5.74, 6) is 0.592. The minimum Gasteiger partial charge on any atom is -0.326 e. The van der Waals surface area contributed by atoms with Gasteiger partial charge in [0.1, 0.15) is 5.82 Å². The maximum atomic E-state index is 12.6. The van der Waals surface area contributed by atoms with Crippen LogP contribution in [0.15, 0.2) is 48.8 Å². The van der Waals surface area contributed by atoms with Gasteiger partial charge in [0.15, 0.2) is 0 Å². The highest BCUT2D eigenvalue weighted by molar-refractivity contribution is 5.65. The largest absolute Gasteiger partial charge is 0.416 e. The summed E-state index contributed by atoms with van der Waals surface area (Å²) in [6.07, 6.45) is -0.844. The molecular formula is C15H12F3N3. The molecule has 2 heterocycles. The van der Waals surface area contributed by atoms with Crippen LogP contribution in [0.1, 0.15) is 11.1 Å². The molecule has 0 aliphatic rings. The lowest BCUT2D eigenvalue weighted by Gasteiger charge is -2.08. The van der Waals surface area contributed by atoms with Gasteiger partial charge in [-0.1, -0.05) is 18.2 Å². The first kappa shape index (κ1) is 13.6. The van der Waals surface area contributed by atoms with Crippen molar-refractivity contribution in [3.8, 4) is 11.4 Å². The highest BCUT2D eigenvalue weighted by Gasteiger charge is 2.30. The zero-order valence-electron chi connectivity index (χ0n) is 10.9. The topological polar surface area (TPSA) is 43.3 Å². The molecule has 3 aromatic rings. The number of alkyl halides is 3. The number of hydrogen-bond acceptors (Lipinski definition) is 2. The van der Waals surface area contributed by atoms with E-state index in [4.69, 9.17) is 5.73 Å². The Balaban J connectivity index is 2.09. The molecule has 0 unspecified atom stereocenters. The maximum absolute atomic E-state index is 12.6. The molecular weight excluding hydrogens is 279 g/mol. The van der Waals surface area contributed by atoms with Crippen LogP contribution in [-0.2, 0) is 12.7 Å². The SMILES string of the molecule is NCc1cccn2c(-c3ccc(C(F)(F)F)cc3)ncc12. The fourth-order valence-electron chi connectivity index (χ4n) is 2.27. The van der Waals surface area contributed by atoms with Crippen molar-refractivity contribution in [1.82, 2.24) is 9.38 Å². The number of rotatable bonds is 2. The van der Waals surface area contributed by atoms with E-state index >= 15 is 0 Å². The van der Waals surface area contributed by atoms with Gasteiger partial charge in [-0.05, 0) is 23.8 Å². The lowest BCUT2D eigenvalue weighted by Crippen LogP contribution is -2.04. The van der Waals surface area contributed by atoms with E-state index in [0.29, 0.717) is 17.9 Å². The number of fused-ring (bicyclic) bond motifs is 1. The number of nitrogens with two attached hydrogens (primary N) is 1. The fourth-order valence-corrected chi connectivity index (χ4v) is 2.27. The second kappa shape index (κ2) is 4.89. The predicted octanol–water partition coefficient (Wildman–Crippen LogP) is 3.48. The van der Waals surface area contributed by atoms with E-state index in [9.17, 15) is 13.2 Å². The van der Waals surface area contributed by atoms with Gasteiger partial charge in [0.2, 0.25) is 0 Å². The van der Waals surface area contributed by atoms with Crippen molar-refractivity contribution in [3.05, 3.63) is 59.9 Å². The molecule has 0 saturated heterocycles. The molecule has 0 aliphatic carbocycles. The minimum absolute atomic E-state index is 0.377. The van der Waals surface area contributed by atoms with Gasteiger partial charge in [-0.3, -0.25) is 4.40 Å². The highest BCUT2D eigenvalue weighted by Crippen LogP contribution is 2.31. The molecule has 3 nitrogen and oxygen atoms in total. The van der Waals surface area contributed by atoms with Crippen LogP contribution in [0.2, 0.25) is 0 Å². The third-order valence-electron chi connectivity index (χ3n) is 3.35. The van der Waals surface area contributed by atoms with Gasteiger partial charge in [-0.25, -0.2) is 4.98 Å². The molecule has 3 rings (SSSR count). The number of imidazole rings is 1. The van der Waals surface area contributed by atoms with Crippen molar-refractivity contribution in [3.63, 3.8) is 0 Å². The van der Waals surface area contributed by atoms with Gasteiger partial charge in [0.25, 0.3) is 0 Å². The van der Waals surface area contributed by atoms with Crippen LogP contribution in [0.3, 0.4) is 0 Å². The molecule has 0 bridgehead atoms. The van der Waals surface area contributed by atoms with Crippen LogP contribution in [0, 0.1) is 0 Å². The smallest absolute Gasteiger partial charge is 0.326 e. The molecule has 0 fully saturated rings. The Morgan fingerprint density at radius 3 is 2.43 bits per heavy atom. The standard InChI is InChI=1S/C15H12F3N3/c16-15(17,18)12-5-3-10(4-6-12)14-20-9-13-11(8-19)2-1-7-21(13)14/h1-7,9H,8,19H2. The van der Waals surface area contributed by atoms with E-state index in [0.717, 1.165) is 23.2 Å². The van der Waals surface area contributed by atoms with Crippen molar-refractivity contribution >= 4 is 5.52 Å². The number of nitrogens with zero attached hydrogens (tertiary/aromatic N) is 2. The molecule has 1 aromatic carbocycles. The molecule has 2 N–H and O–H groups in total. The molecule has 2 aromatic heterocycles. The highest BCUT2D eigenvalue weighted by atomic mass is 19.4. The summed E-state index contributed by atoms with van der Waals surface area (Å²) in [5.41, 5.74) is 7.41. The first-order valence-electron chi connectivity index (χ1n) is 6.33. The Morgan fingerprint density at radius 1 is 1.10 bits per heavy atom. The van der Waals surface area contributed by atoms with Crippen LogP contribution >= 0.6 is 0 Å². The van der Waals surface area contributed by atoms with Gasteiger partial charge in [0, 0.05) is 18.3 Å². The molecule has 0 atom stereocenters. The third kappa shape index (κ3) is 2.38. The van der Waals surface area contributed by atoms with Crippen molar-refractivity contribution in [2.45, 2.75) is 12.7 Å². The van der Waals surface area contributed by atoms with Gasteiger partial charge in [-0.15, -0.1) is 0 Å². The van der Waals surface area contributed by atoms with Gasteiger partial charge < -0.3 is 5.73 Å². The van der Waals surface area contributed by atoms with E-state index in [1.807, 2.05) is 22.7 Å². The summed E-state index contributed by atoms with van der Waals surface area (Å²) in [5, 5.41) is 0. The molecule has 21 heavy (non-hydrogen) atoms. The maximum Gasteiger partial charge on any atom is 0.416 e. The second-order valence-electron chi connectivity index (χ2n) is 4.65. The summed E-state index contributed by atoms with van der Waals surface area (Å²) in [4.78, 5) is 4.29. The number of aromatic nitrogens is 2. The van der Waals surface area contributed by atoms with Gasteiger partial charge in [-0.2, -0.15) is 13.2 Å². The van der Waals surface area contributed by atoms with Crippen molar-refractivity contribution in [2.75, 3.05) is 0 Å². The zero-order chi connectivity index (χ0) is 15.0. The second-order valence-corrected chi connectivity index (χ2v) is 4.65. The number of benzene rings is 1. The Bertz CT molecular complexity index is 773. The van der Waals surface area contributed by atoms with Crippen LogP contribution in [0.4, 0.5) is 13.2 Å². The molecule has 0 aliphatic heterocycles. The summed E-state index contributed by atoms with van der Waals surface area (Å²) in [6.45, 7) is 0.377. The van der Waals surface area contributed by atoms with Gasteiger partial charge in [0.05, 0.1) is 17.3 Å². The Kier molecular flexibility index (Phi) is 3.17. The van der Waals surface area contributed by atoms with Crippen LogP contribution in [0.5, 0.6) is 0 Å². The van der Waals surface area contributed by atoms with Crippen LogP contribution < -0.4 is 5.73 Å². The molecule has 0 spiro atoms. The molecule has 0 amide bonds. The first-order valence-corrected chi connectivity index (χ1v) is 6.33. The average Bonchev–Trinajstić information content (AvgIpc) is 2.90. The summed E-state index contributed by atoms with van der Waals surface area (Å²) in [7, 11) is 0. The quantitative estimate of drug-likeness (QED) is 0.785. The van der Waals surface area contributed by atoms with E-state index in [2.05, 4.69) is 4.98 Å². The van der Waals surface area contributed by atoms with E-state index in [-0.39, 0.29) is 0 Å². The fraction of sp³-hybridized carbons (Fsp3) is 0.133. The number of pyridine rings is 1. The van der Waals surface area contributed by atoms with E-state index < -0.39 is 11.7 Å². The lowest BCUT2D eigenvalue weighted by atomic mass is 10.1. The van der Waals surface area contributed by atoms with E-state index in [1.54, 1.807) is 6.20 Å². The lowest BCUT2D eigenvalue weighted by molar-refractivity contribution is -0.137. The molecule has 108 valence electrons. The third-order valence-corrected chi connectivity index (χ3v) is 3.35. The van der Waals surface area contributed by atoms with Crippen molar-refractivity contribution in [2.24, 2.45) is 5.73 Å². The first-order chi connectivity index (χ1) is 10.0. The molecule has 6 heteroatoms. The van der Waals surface area contributed by atoms with Crippen molar-refractivity contribution < 1.29 is 13.2 Å². The number of halogens is 3. The van der Waals surface area contributed by atoms with E-state index in [1.165, 1.54) is 12.1 Å². The Morgan fingerprint density at radius 2 is 1.81 bits per heavy atom. The monoisotopic (exact) mass is 291 g/mol. The Hall–Kier alpha value is -2.34. The number of hydrogen-bond donors (Lipinski definition) is 1. The van der Waals surface area contributed by atoms with Gasteiger partial charge >= 0.3 is 6.18 Å². The Labute approximate surface area is 118 Å². The van der Waals surface area contributed by atoms with Crippen molar-refractivity contribution in [1.29, 1.82) is 0 Å². The molecule has 0 radical (unpaired) electrons. The predicted molar refractivity (Wildman–Crippen MR) is 73.5 cm³/mol. The minimum atomic E-state index is -4.33. The van der Waals surface area contributed by atoms with Crippen LogP contribution in [0.25, 0.3) is 16.9 Å². The summed E-state index contributed by atoms with van der Waals surface area (Å²) < 4.78 is 39.6. The normalized spacial score (nSPS) is 12.0. The molecule has 0 saturated carbocycles. The summed E-state index contributed by atoms with van der Waals surface area (Å²) >= 11 is 0. The summed E-state index contributed by atoms with van der Waals surface area (Å²) in [6, 6.07) is 8.70. The average molecular weight is 291 g/mol. The zero-order valence-corrected chi connectivity index (χ0v) is 10.9. The van der Waals surface area contributed by atoms with Crippen LogP contribution in [-0.4, -0.2) is 9.38 Å².